The van der Waals surface area contributed by atoms with Gasteiger partial charge >= 0.3 is 0 Å². The summed E-state index contributed by atoms with van der Waals surface area (Å²) in [6.07, 6.45) is 1.55. The summed E-state index contributed by atoms with van der Waals surface area (Å²) < 4.78 is 5.82. The van der Waals surface area contributed by atoms with Crippen molar-refractivity contribution in [3.63, 3.8) is 0 Å². The molecule has 0 bridgehead atoms. The summed E-state index contributed by atoms with van der Waals surface area (Å²) in [5.74, 6) is 0.111. The Bertz CT molecular complexity index is 609. The Labute approximate surface area is 149 Å². The Kier molecular flexibility index (Phi) is 5.71. The molecule has 136 valence electrons. The average molecular weight is 345 g/mol. The fourth-order valence-corrected chi connectivity index (χ4v) is 3.46. The standard InChI is InChI=1S/C19H27N3O3/c1-14(23)22-9-7-16(8-10-22)19(24)20-17-5-3-15(4-6-17)18-13-21(2)11-12-25-18/h3-6,16,18H,7-13H2,1-2H3,(H,20,24). The SMILES string of the molecule is CC(=O)N1CCC(C(=O)Nc2ccc(C3CN(C)CCO3)cc2)CC1. The number of morpholine rings is 1. The molecule has 1 aromatic carbocycles. The summed E-state index contributed by atoms with van der Waals surface area (Å²) in [6.45, 7) is 5.51. The molecule has 6 heteroatoms. The van der Waals surface area contributed by atoms with Gasteiger partial charge in [-0.25, -0.2) is 0 Å². The molecular weight excluding hydrogens is 318 g/mol. The second-order valence-corrected chi connectivity index (χ2v) is 7.01. The summed E-state index contributed by atoms with van der Waals surface area (Å²) >= 11 is 0. The third kappa shape index (κ3) is 4.58. The molecule has 1 atom stereocenters. The van der Waals surface area contributed by atoms with Crippen LogP contribution in [-0.2, 0) is 14.3 Å². The molecule has 1 N–H and O–H groups in total. The van der Waals surface area contributed by atoms with Gasteiger partial charge in [0.05, 0.1) is 12.7 Å². The van der Waals surface area contributed by atoms with Crippen LogP contribution in [0.25, 0.3) is 0 Å². The van der Waals surface area contributed by atoms with Gasteiger partial charge in [-0.1, -0.05) is 12.1 Å². The van der Waals surface area contributed by atoms with Crippen molar-refractivity contribution in [2.75, 3.05) is 45.2 Å². The summed E-state index contributed by atoms with van der Waals surface area (Å²) in [5, 5.41) is 3.00. The number of carbonyl (C=O) groups is 2. The first-order valence-corrected chi connectivity index (χ1v) is 8.99. The van der Waals surface area contributed by atoms with Gasteiger partial charge in [-0.05, 0) is 37.6 Å². The van der Waals surface area contributed by atoms with Crippen LogP contribution in [0.2, 0.25) is 0 Å². The average Bonchev–Trinajstić information content (AvgIpc) is 2.62. The maximum absolute atomic E-state index is 12.4. The van der Waals surface area contributed by atoms with Crippen LogP contribution in [0, 0.1) is 5.92 Å². The van der Waals surface area contributed by atoms with Gasteiger partial charge in [-0.3, -0.25) is 9.59 Å². The Hall–Kier alpha value is -1.92. The number of nitrogens with zero attached hydrogens (tertiary/aromatic N) is 2. The molecule has 0 aliphatic carbocycles. The smallest absolute Gasteiger partial charge is 0.227 e. The fraction of sp³-hybridized carbons (Fsp3) is 0.579. The van der Waals surface area contributed by atoms with Crippen molar-refractivity contribution in [2.24, 2.45) is 5.92 Å². The number of hydrogen-bond acceptors (Lipinski definition) is 4. The topological polar surface area (TPSA) is 61.9 Å². The number of carbonyl (C=O) groups excluding carboxylic acids is 2. The number of anilines is 1. The monoisotopic (exact) mass is 345 g/mol. The van der Waals surface area contributed by atoms with E-state index in [1.165, 1.54) is 0 Å². The summed E-state index contributed by atoms with van der Waals surface area (Å²) in [5.41, 5.74) is 1.95. The number of likely N-dealkylation sites (tertiary alicyclic amines) is 1. The quantitative estimate of drug-likeness (QED) is 0.909. The van der Waals surface area contributed by atoms with Crippen molar-refractivity contribution >= 4 is 17.5 Å². The largest absolute Gasteiger partial charge is 0.371 e. The first kappa shape index (κ1) is 17.9. The van der Waals surface area contributed by atoms with Gasteiger partial charge < -0.3 is 19.9 Å². The molecule has 1 unspecified atom stereocenters. The predicted octanol–water partition coefficient (Wildman–Crippen LogP) is 1.89. The van der Waals surface area contributed by atoms with E-state index < -0.39 is 0 Å². The highest BCUT2D eigenvalue weighted by molar-refractivity contribution is 5.92. The van der Waals surface area contributed by atoms with E-state index in [0.29, 0.717) is 13.1 Å². The van der Waals surface area contributed by atoms with Crippen LogP contribution in [-0.4, -0.2) is 61.4 Å². The van der Waals surface area contributed by atoms with Gasteiger partial charge in [-0.2, -0.15) is 0 Å². The van der Waals surface area contributed by atoms with E-state index in [0.717, 1.165) is 43.8 Å². The lowest BCUT2D eigenvalue weighted by molar-refractivity contribution is -0.132. The van der Waals surface area contributed by atoms with E-state index >= 15 is 0 Å². The summed E-state index contributed by atoms with van der Waals surface area (Å²) in [6, 6.07) is 7.93. The molecule has 1 aromatic rings. The summed E-state index contributed by atoms with van der Waals surface area (Å²) in [4.78, 5) is 27.9. The number of ether oxygens (including phenoxy) is 1. The van der Waals surface area contributed by atoms with Crippen LogP contribution < -0.4 is 5.32 Å². The van der Waals surface area contributed by atoms with Crippen molar-refractivity contribution < 1.29 is 14.3 Å². The summed E-state index contributed by atoms with van der Waals surface area (Å²) in [7, 11) is 2.10. The molecule has 2 aliphatic rings. The molecule has 2 fully saturated rings. The number of amides is 2. The molecule has 2 saturated heterocycles. The predicted molar refractivity (Wildman–Crippen MR) is 96.2 cm³/mol. The van der Waals surface area contributed by atoms with E-state index in [2.05, 4.69) is 17.3 Å². The molecule has 0 aromatic heterocycles. The Balaban J connectivity index is 1.53. The molecule has 0 saturated carbocycles. The Morgan fingerprint density at radius 3 is 2.40 bits per heavy atom. The highest BCUT2D eigenvalue weighted by Gasteiger charge is 2.26. The van der Waals surface area contributed by atoms with E-state index in [1.807, 2.05) is 24.3 Å². The van der Waals surface area contributed by atoms with E-state index in [4.69, 9.17) is 4.74 Å². The number of benzene rings is 1. The minimum atomic E-state index is -0.0226. The number of piperidine rings is 1. The van der Waals surface area contributed by atoms with Gasteiger partial charge in [0.25, 0.3) is 0 Å². The van der Waals surface area contributed by atoms with Gasteiger partial charge in [0.1, 0.15) is 0 Å². The van der Waals surface area contributed by atoms with E-state index in [9.17, 15) is 9.59 Å². The zero-order chi connectivity index (χ0) is 17.8. The van der Waals surface area contributed by atoms with Crippen molar-refractivity contribution in [3.8, 4) is 0 Å². The number of likely N-dealkylation sites (N-methyl/N-ethyl adjacent to an activating group) is 1. The number of hydrogen-bond donors (Lipinski definition) is 1. The van der Waals surface area contributed by atoms with Crippen LogP contribution in [0.3, 0.4) is 0 Å². The molecule has 3 rings (SSSR count). The molecule has 2 amide bonds. The minimum Gasteiger partial charge on any atom is -0.371 e. The van der Waals surface area contributed by atoms with Crippen LogP contribution in [0.5, 0.6) is 0 Å². The number of rotatable bonds is 3. The zero-order valence-corrected chi connectivity index (χ0v) is 15.0. The highest BCUT2D eigenvalue weighted by Crippen LogP contribution is 2.24. The fourth-order valence-electron chi connectivity index (χ4n) is 3.46. The maximum atomic E-state index is 12.4. The van der Waals surface area contributed by atoms with Crippen molar-refractivity contribution in [2.45, 2.75) is 25.9 Å². The van der Waals surface area contributed by atoms with Gasteiger partial charge in [0.15, 0.2) is 0 Å². The van der Waals surface area contributed by atoms with Gasteiger partial charge in [-0.15, -0.1) is 0 Å². The Morgan fingerprint density at radius 2 is 1.80 bits per heavy atom. The molecule has 6 nitrogen and oxygen atoms in total. The lowest BCUT2D eigenvalue weighted by atomic mass is 9.95. The highest BCUT2D eigenvalue weighted by atomic mass is 16.5. The second kappa shape index (κ2) is 7.97. The van der Waals surface area contributed by atoms with Crippen LogP contribution in [0.4, 0.5) is 5.69 Å². The maximum Gasteiger partial charge on any atom is 0.227 e. The van der Waals surface area contributed by atoms with E-state index in [-0.39, 0.29) is 23.8 Å². The molecule has 2 heterocycles. The second-order valence-electron chi connectivity index (χ2n) is 7.01. The van der Waals surface area contributed by atoms with Gasteiger partial charge in [0, 0.05) is 44.7 Å². The molecule has 0 radical (unpaired) electrons. The number of nitrogens with one attached hydrogen (secondary N) is 1. The van der Waals surface area contributed by atoms with Crippen molar-refractivity contribution in [3.05, 3.63) is 29.8 Å². The Morgan fingerprint density at radius 1 is 1.12 bits per heavy atom. The first-order valence-electron chi connectivity index (χ1n) is 8.99. The normalized spacial score (nSPS) is 22.6. The lowest BCUT2D eigenvalue weighted by Crippen LogP contribution is -2.40. The lowest BCUT2D eigenvalue weighted by Gasteiger charge is -2.31. The molecule has 0 spiro atoms. The molecule has 2 aliphatic heterocycles. The zero-order valence-electron chi connectivity index (χ0n) is 15.0. The molecule has 25 heavy (non-hydrogen) atoms. The van der Waals surface area contributed by atoms with Crippen LogP contribution >= 0.6 is 0 Å². The first-order chi connectivity index (χ1) is 12.0. The van der Waals surface area contributed by atoms with Crippen molar-refractivity contribution in [1.29, 1.82) is 0 Å². The van der Waals surface area contributed by atoms with E-state index in [1.54, 1.807) is 11.8 Å². The van der Waals surface area contributed by atoms with Gasteiger partial charge in [0.2, 0.25) is 11.8 Å². The van der Waals surface area contributed by atoms with Crippen LogP contribution in [0.1, 0.15) is 31.4 Å². The van der Waals surface area contributed by atoms with Crippen LogP contribution in [0.15, 0.2) is 24.3 Å². The third-order valence-electron chi connectivity index (χ3n) is 5.13. The third-order valence-corrected chi connectivity index (χ3v) is 5.13. The molecular formula is C19H27N3O3. The minimum absolute atomic E-state index is 0.0226. The van der Waals surface area contributed by atoms with Crippen molar-refractivity contribution in [1.82, 2.24) is 9.80 Å².